The summed E-state index contributed by atoms with van der Waals surface area (Å²) < 4.78 is 3.14. The summed E-state index contributed by atoms with van der Waals surface area (Å²) in [6.07, 6.45) is 3.37. The second kappa shape index (κ2) is 7.78. The van der Waals surface area contributed by atoms with E-state index in [1.54, 1.807) is 27.6 Å². The van der Waals surface area contributed by atoms with Crippen molar-refractivity contribution >= 4 is 44.7 Å². The number of hydrogen-bond donors (Lipinski definition) is 1. The summed E-state index contributed by atoms with van der Waals surface area (Å²) in [7, 11) is 0. The molecule has 3 aromatic rings. The second-order valence-electron chi connectivity index (χ2n) is 9.38. The second-order valence-corrected chi connectivity index (χ2v) is 11.4. The number of nitrogens with one attached hydrogen (secondary N) is 1. The predicted molar refractivity (Wildman–Crippen MR) is 127 cm³/mol. The van der Waals surface area contributed by atoms with Crippen LogP contribution in [-0.4, -0.2) is 32.9 Å². The maximum absolute atomic E-state index is 13.8. The molecule has 0 radical (unpaired) electrons. The van der Waals surface area contributed by atoms with Crippen LogP contribution in [0.4, 0.5) is 0 Å². The summed E-state index contributed by atoms with van der Waals surface area (Å²) in [5.74, 6) is 0.942. The Kier molecular flexibility index (Phi) is 5.21. The smallest absolute Gasteiger partial charge is 0.271 e. The summed E-state index contributed by atoms with van der Waals surface area (Å²) in [6.45, 7) is 7.38. The number of rotatable bonds is 4. The van der Waals surface area contributed by atoms with E-state index in [-0.39, 0.29) is 17.9 Å². The lowest BCUT2D eigenvalue weighted by Crippen LogP contribution is -2.65. The molecule has 5 rings (SSSR count). The van der Waals surface area contributed by atoms with Crippen LogP contribution in [0.2, 0.25) is 0 Å². The van der Waals surface area contributed by atoms with E-state index in [1.807, 2.05) is 40.5 Å². The predicted octanol–water partition coefficient (Wildman–Crippen LogP) is 5.12. The van der Waals surface area contributed by atoms with E-state index in [2.05, 4.69) is 25.2 Å². The van der Waals surface area contributed by atoms with Crippen molar-refractivity contribution in [2.75, 3.05) is 0 Å². The quantitative estimate of drug-likeness (QED) is 0.594. The van der Waals surface area contributed by atoms with Gasteiger partial charge < -0.3 is 14.8 Å². The van der Waals surface area contributed by atoms with Crippen LogP contribution >= 0.6 is 22.7 Å². The molecule has 0 spiro atoms. The molecule has 31 heavy (non-hydrogen) atoms. The van der Waals surface area contributed by atoms with Gasteiger partial charge in [0.15, 0.2) is 0 Å². The fourth-order valence-electron chi connectivity index (χ4n) is 5.19. The monoisotopic (exact) mass is 455 g/mol. The number of hydrogen-bond acceptors (Lipinski definition) is 4. The number of nitrogens with zero attached hydrogens (tertiary/aromatic N) is 2. The SMILES string of the molecule is C[C@@H]1[C@H](C)CCC[C@@H]1NC(=O)[C@]1(C)Cn2c(cc3sccc32)C(=O)N1Cc1cccs1. The first kappa shape index (κ1) is 20.8. The molecule has 1 aliphatic carbocycles. The molecule has 1 fully saturated rings. The van der Waals surface area contributed by atoms with Gasteiger partial charge in [0.25, 0.3) is 5.91 Å². The Morgan fingerprint density at radius 2 is 2.06 bits per heavy atom. The zero-order chi connectivity index (χ0) is 21.8. The zero-order valence-corrected chi connectivity index (χ0v) is 19.9. The molecule has 1 saturated carbocycles. The molecule has 2 amide bonds. The van der Waals surface area contributed by atoms with Crippen LogP contribution in [0.25, 0.3) is 10.2 Å². The van der Waals surface area contributed by atoms with Crippen LogP contribution in [-0.2, 0) is 17.9 Å². The van der Waals surface area contributed by atoms with Gasteiger partial charge in [0.1, 0.15) is 11.2 Å². The molecule has 7 heteroatoms. The minimum absolute atomic E-state index is 0.0360. The molecule has 5 nitrogen and oxygen atoms in total. The van der Waals surface area contributed by atoms with E-state index in [1.165, 1.54) is 6.42 Å². The number of thiophene rings is 2. The van der Waals surface area contributed by atoms with E-state index < -0.39 is 5.54 Å². The highest BCUT2D eigenvalue weighted by atomic mass is 32.1. The summed E-state index contributed by atoms with van der Waals surface area (Å²) in [6, 6.07) is 8.23. The minimum atomic E-state index is -0.942. The largest absolute Gasteiger partial charge is 0.351 e. The van der Waals surface area contributed by atoms with Crippen molar-refractivity contribution in [3.05, 3.63) is 45.6 Å². The molecule has 0 bridgehead atoms. The Morgan fingerprint density at radius 1 is 1.23 bits per heavy atom. The van der Waals surface area contributed by atoms with E-state index in [0.29, 0.717) is 30.6 Å². The van der Waals surface area contributed by atoms with Crippen LogP contribution in [0.3, 0.4) is 0 Å². The fraction of sp³-hybridized carbons (Fsp3) is 0.500. The van der Waals surface area contributed by atoms with E-state index in [9.17, 15) is 9.59 Å². The Bertz CT molecular complexity index is 1120. The maximum atomic E-state index is 13.8. The molecule has 4 atom stereocenters. The number of fused-ring (bicyclic) bond motifs is 3. The van der Waals surface area contributed by atoms with Gasteiger partial charge in [-0.3, -0.25) is 9.59 Å². The van der Waals surface area contributed by atoms with Crippen molar-refractivity contribution in [1.82, 2.24) is 14.8 Å². The summed E-state index contributed by atoms with van der Waals surface area (Å²) in [5.41, 5.74) is 0.786. The van der Waals surface area contributed by atoms with Crippen molar-refractivity contribution in [2.24, 2.45) is 11.8 Å². The molecule has 0 unspecified atom stereocenters. The van der Waals surface area contributed by atoms with Crippen molar-refractivity contribution < 1.29 is 9.59 Å². The van der Waals surface area contributed by atoms with Crippen LogP contribution in [0, 0.1) is 11.8 Å². The zero-order valence-electron chi connectivity index (χ0n) is 18.3. The van der Waals surface area contributed by atoms with Gasteiger partial charge in [-0.1, -0.05) is 32.8 Å². The van der Waals surface area contributed by atoms with Gasteiger partial charge in [-0.2, -0.15) is 0 Å². The molecular formula is C24H29N3O2S2. The highest BCUT2D eigenvalue weighted by Crippen LogP contribution is 2.36. The lowest BCUT2D eigenvalue weighted by molar-refractivity contribution is -0.134. The van der Waals surface area contributed by atoms with Gasteiger partial charge in [-0.05, 0) is 54.1 Å². The minimum Gasteiger partial charge on any atom is -0.351 e. The van der Waals surface area contributed by atoms with Gasteiger partial charge in [-0.15, -0.1) is 22.7 Å². The van der Waals surface area contributed by atoms with E-state index >= 15 is 0 Å². The molecule has 0 aromatic carbocycles. The third-order valence-corrected chi connectivity index (χ3v) is 9.17. The van der Waals surface area contributed by atoms with E-state index in [0.717, 1.165) is 27.9 Å². The van der Waals surface area contributed by atoms with Gasteiger partial charge in [0, 0.05) is 10.9 Å². The van der Waals surface area contributed by atoms with E-state index in [4.69, 9.17) is 0 Å². The van der Waals surface area contributed by atoms with Gasteiger partial charge >= 0.3 is 0 Å². The van der Waals surface area contributed by atoms with Crippen LogP contribution < -0.4 is 5.32 Å². The molecule has 164 valence electrons. The summed E-state index contributed by atoms with van der Waals surface area (Å²) in [5, 5.41) is 7.43. The van der Waals surface area contributed by atoms with Crippen molar-refractivity contribution in [3.8, 4) is 0 Å². The summed E-state index contributed by atoms with van der Waals surface area (Å²) >= 11 is 3.26. The normalized spacial score (nSPS) is 28.7. The molecule has 1 N–H and O–H groups in total. The average Bonchev–Trinajstić information content (AvgIpc) is 3.47. The number of amides is 2. The number of aromatic nitrogens is 1. The first-order valence-corrected chi connectivity index (χ1v) is 12.9. The lowest BCUT2D eigenvalue weighted by atomic mass is 9.77. The molecule has 1 aliphatic heterocycles. The maximum Gasteiger partial charge on any atom is 0.271 e. The summed E-state index contributed by atoms with van der Waals surface area (Å²) in [4.78, 5) is 30.4. The third-order valence-electron chi connectivity index (χ3n) is 7.46. The molecular weight excluding hydrogens is 426 g/mol. The number of carbonyl (C=O) groups is 2. The Balaban J connectivity index is 1.52. The molecule has 4 heterocycles. The molecule has 0 saturated heterocycles. The highest BCUT2D eigenvalue weighted by Gasteiger charge is 2.48. The fourth-order valence-corrected chi connectivity index (χ4v) is 6.70. The van der Waals surface area contributed by atoms with Crippen LogP contribution in [0.15, 0.2) is 35.0 Å². The molecule has 3 aromatic heterocycles. The topological polar surface area (TPSA) is 54.3 Å². The van der Waals surface area contributed by atoms with Crippen LogP contribution in [0.5, 0.6) is 0 Å². The van der Waals surface area contributed by atoms with Crippen LogP contribution in [0.1, 0.15) is 55.4 Å². The van der Waals surface area contributed by atoms with Gasteiger partial charge in [0.05, 0.1) is 23.3 Å². The van der Waals surface area contributed by atoms with Crippen molar-refractivity contribution in [3.63, 3.8) is 0 Å². The lowest BCUT2D eigenvalue weighted by Gasteiger charge is -2.45. The van der Waals surface area contributed by atoms with Gasteiger partial charge in [0.2, 0.25) is 5.91 Å². The first-order valence-electron chi connectivity index (χ1n) is 11.1. The Labute approximate surface area is 191 Å². The highest BCUT2D eigenvalue weighted by molar-refractivity contribution is 7.17. The van der Waals surface area contributed by atoms with Crippen molar-refractivity contribution in [2.45, 2.75) is 64.7 Å². The standard InChI is InChI=1S/C24H29N3O2S2/c1-15-6-4-8-18(16(15)2)25-23(29)24(3)14-26-19-9-11-31-21(19)12-20(26)22(28)27(24)13-17-7-5-10-30-17/h5,7,9-12,15-16,18H,4,6,8,13-14H2,1-3H3,(H,25,29)/t15-,16-,18+,24+/m1/s1. The third kappa shape index (κ3) is 3.42. The number of carbonyl (C=O) groups excluding carboxylic acids is 2. The average molecular weight is 456 g/mol. The first-order chi connectivity index (χ1) is 14.9. The molecule has 2 aliphatic rings. The Hall–Kier alpha value is -2.12. The Morgan fingerprint density at radius 3 is 2.84 bits per heavy atom. The van der Waals surface area contributed by atoms with Gasteiger partial charge in [-0.25, -0.2) is 0 Å². The van der Waals surface area contributed by atoms with Crippen molar-refractivity contribution in [1.29, 1.82) is 0 Å².